The largest absolute Gasteiger partial charge is 0.490 e. The second-order valence-electron chi connectivity index (χ2n) is 6.42. The topological polar surface area (TPSA) is 66.9 Å². The van der Waals surface area contributed by atoms with E-state index in [0.717, 1.165) is 0 Å². The van der Waals surface area contributed by atoms with Crippen molar-refractivity contribution in [3.63, 3.8) is 0 Å². The number of carbonyl (C=O) groups excluding carboxylic acids is 3. The summed E-state index contributed by atoms with van der Waals surface area (Å²) in [7, 11) is 0. The molecule has 0 bridgehead atoms. The third kappa shape index (κ3) is 3.05. The van der Waals surface area contributed by atoms with E-state index < -0.39 is 5.82 Å². The maximum atomic E-state index is 13.5. The van der Waals surface area contributed by atoms with Crippen molar-refractivity contribution in [2.75, 3.05) is 24.6 Å². The number of imide groups is 1. The predicted molar refractivity (Wildman–Crippen MR) is 95.3 cm³/mol. The van der Waals surface area contributed by atoms with E-state index in [4.69, 9.17) is 4.74 Å². The summed E-state index contributed by atoms with van der Waals surface area (Å²) in [6, 6.07) is 10.7. The predicted octanol–water partition coefficient (Wildman–Crippen LogP) is 2.63. The molecule has 4 rings (SSSR count). The van der Waals surface area contributed by atoms with Gasteiger partial charge in [0.05, 0.1) is 23.4 Å². The fourth-order valence-corrected chi connectivity index (χ4v) is 3.42. The Morgan fingerprint density at radius 2 is 1.78 bits per heavy atom. The van der Waals surface area contributed by atoms with Crippen LogP contribution in [0.15, 0.2) is 42.5 Å². The van der Waals surface area contributed by atoms with Crippen molar-refractivity contribution in [2.24, 2.45) is 0 Å². The van der Waals surface area contributed by atoms with Crippen LogP contribution < -0.4 is 9.64 Å². The molecule has 0 fully saturated rings. The Bertz CT molecular complexity index is 908. The lowest BCUT2D eigenvalue weighted by Crippen LogP contribution is -2.38. The monoisotopic (exact) mass is 368 g/mol. The van der Waals surface area contributed by atoms with E-state index in [-0.39, 0.29) is 30.7 Å². The Morgan fingerprint density at radius 1 is 1.07 bits per heavy atom. The Balaban J connectivity index is 1.40. The minimum Gasteiger partial charge on any atom is -0.490 e. The summed E-state index contributed by atoms with van der Waals surface area (Å²) in [4.78, 5) is 39.9. The summed E-state index contributed by atoms with van der Waals surface area (Å²) >= 11 is 0. The number of hydrogen-bond donors (Lipinski definition) is 0. The summed E-state index contributed by atoms with van der Waals surface area (Å²) < 4.78 is 19.0. The van der Waals surface area contributed by atoms with Crippen molar-refractivity contribution >= 4 is 23.4 Å². The normalized spacial score (nSPS) is 15.4. The number of fused-ring (bicyclic) bond motifs is 2. The molecule has 3 amide bonds. The van der Waals surface area contributed by atoms with Gasteiger partial charge in [-0.1, -0.05) is 12.1 Å². The van der Waals surface area contributed by atoms with Gasteiger partial charge in [0.2, 0.25) is 5.91 Å². The Kier molecular flexibility index (Phi) is 4.35. The van der Waals surface area contributed by atoms with Crippen LogP contribution in [0.1, 0.15) is 33.6 Å². The van der Waals surface area contributed by atoms with Crippen LogP contribution in [-0.2, 0) is 4.79 Å². The molecule has 0 saturated carbocycles. The van der Waals surface area contributed by atoms with Gasteiger partial charge in [-0.2, -0.15) is 0 Å². The number of nitrogens with zero attached hydrogens (tertiary/aromatic N) is 2. The molecule has 0 aromatic heterocycles. The highest BCUT2D eigenvalue weighted by Gasteiger charge is 2.34. The molecule has 2 heterocycles. The molecule has 2 aliphatic rings. The highest BCUT2D eigenvalue weighted by atomic mass is 19.1. The van der Waals surface area contributed by atoms with Gasteiger partial charge in [0.25, 0.3) is 11.8 Å². The standard InChI is InChI=1S/C20H17FN2O4/c21-13-7-8-17-16(12-13)22(10-11-27-17)18(24)6-3-9-23-19(25)14-4-1-2-5-15(14)20(23)26/h1-2,4-5,7-8,12H,3,6,9-11H2. The first kappa shape index (κ1) is 17.2. The number of hydrogen-bond acceptors (Lipinski definition) is 4. The van der Waals surface area contributed by atoms with Crippen molar-refractivity contribution in [3.8, 4) is 5.75 Å². The van der Waals surface area contributed by atoms with Gasteiger partial charge in [-0.3, -0.25) is 19.3 Å². The van der Waals surface area contributed by atoms with Gasteiger partial charge in [-0.05, 0) is 30.7 Å². The van der Waals surface area contributed by atoms with Crippen LogP contribution in [0.4, 0.5) is 10.1 Å². The van der Waals surface area contributed by atoms with E-state index >= 15 is 0 Å². The molecule has 7 heteroatoms. The summed E-state index contributed by atoms with van der Waals surface area (Å²) in [6.45, 7) is 0.837. The molecule has 6 nitrogen and oxygen atoms in total. The van der Waals surface area contributed by atoms with E-state index in [9.17, 15) is 18.8 Å². The first-order valence-corrected chi connectivity index (χ1v) is 8.74. The number of halogens is 1. The number of anilines is 1. The number of benzene rings is 2. The Labute approximate surface area is 155 Å². The van der Waals surface area contributed by atoms with Crippen molar-refractivity contribution in [1.29, 1.82) is 0 Å². The van der Waals surface area contributed by atoms with E-state index in [1.165, 1.54) is 28.0 Å². The summed E-state index contributed by atoms with van der Waals surface area (Å²) in [6.07, 6.45) is 0.482. The number of rotatable bonds is 4. The van der Waals surface area contributed by atoms with Crippen molar-refractivity contribution < 1.29 is 23.5 Å². The van der Waals surface area contributed by atoms with E-state index in [1.54, 1.807) is 24.3 Å². The smallest absolute Gasteiger partial charge is 0.261 e. The Hall–Kier alpha value is -3.22. The van der Waals surface area contributed by atoms with Gasteiger partial charge in [0.15, 0.2) is 0 Å². The van der Waals surface area contributed by atoms with Crippen LogP contribution in [0.5, 0.6) is 5.75 Å². The van der Waals surface area contributed by atoms with Gasteiger partial charge in [-0.15, -0.1) is 0 Å². The lowest BCUT2D eigenvalue weighted by atomic mass is 10.1. The molecule has 0 atom stereocenters. The molecule has 2 aromatic rings. The van der Waals surface area contributed by atoms with Crippen LogP contribution in [-0.4, -0.2) is 42.3 Å². The second kappa shape index (κ2) is 6.83. The third-order valence-corrected chi connectivity index (χ3v) is 4.74. The number of amides is 3. The van der Waals surface area contributed by atoms with Gasteiger partial charge in [0.1, 0.15) is 18.2 Å². The number of ether oxygens (including phenoxy) is 1. The zero-order chi connectivity index (χ0) is 19.0. The van der Waals surface area contributed by atoms with Crippen LogP contribution in [0.3, 0.4) is 0 Å². The fraction of sp³-hybridized carbons (Fsp3) is 0.250. The van der Waals surface area contributed by atoms with E-state index in [2.05, 4.69) is 0 Å². The molecule has 0 N–H and O–H groups in total. The maximum Gasteiger partial charge on any atom is 0.261 e. The average molecular weight is 368 g/mol. The van der Waals surface area contributed by atoms with Gasteiger partial charge >= 0.3 is 0 Å². The molecular formula is C20H17FN2O4. The van der Waals surface area contributed by atoms with E-state index in [1.807, 2.05) is 0 Å². The molecule has 27 heavy (non-hydrogen) atoms. The fourth-order valence-electron chi connectivity index (χ4n) is 3.42. The molecule has 0 spiro atoms. The first-order chi connectivity index (χ1) is 13.1. The van der Waals surface area contributed by atoms with Gasteiger partial charge in [0, 0.05) is 19.0 Å². The van der Waals surface area contributed by atoms with Crippen LogP contribution in [0.25, 0.3) is 0 Å². The first-order valence-electron chi connectivity index (χ1n) is 8.74. The summed E-state index contributed by atoms with van der Waals surface area (Å²) in [5, 5.41) is 0. The molecule has 0 unspecified atom stereocenters. The van der Waals surface area contributed by atoms with Gasteiger partial charge < -0.3 is 9.64 Å². The van der Waals surface area contributed by atoms with Crippen LogP contribution in [0.2, 0.25) is 0 Å². The zero-order valence-corrected chi connectivity index (χ0v) is 14.5. The van der Waals surface area contributed by atoms with Crippen LogP contribution in [0, 0.1) is 5.82 Å². The highest BCUT2D eigenvalue weighted by Crippen LogP contribution is 2.32. The minimum atomic E-state index is -0.442. The van der Waals surface area contributed by atoms with Crippen LogP contribution >= 0.6 is 0 Å². The maximum absolute atomic E-state index is 13.5. The lowest BCUT2D eigenvalue weighted by molar-refractivity contribution is -0.119. The molecule has 2 aliphatic heterocycles. The van der Waals surface area contributed by atoms with E-state index in [0.29, 0.717) is 42.1 Å². The highest BCUT2D eigenvalue weighted by molar-refractivity contribution is 6.21. The zero-order valence-electron chi connectivity index (χ0n) is 14.5. The second-order valence-corrected chi connectivity index (χ2v) is 6.42. The van der Waals surface area contributed by atoms with Crippen molar-refractivity contribution in [1.82, 2.24) is 4.90 Å². The van der Waals surface area contributed by atoms with Gasteiger partial charge in [-0.25, -0.2) is 4.39 Å². The molecule has 0 radical (unpaired) electrons. The molecule has 0 aliphatic carbocycles. The number of carbonyl (C=O) groups is 3. The lowest BCUT2D eigenvalue weighted by Gasteiger charge is -2.29. The van der Waals surface area contributed by atoms with Crippen molar-refractivity contribution in [2.45, 2.75) is 12.8 Å². The minimum absolute atomic E-state index is 0.142. The molecule has 138 valence electrons. The molecular weight excluding hydrogens is 351 g/mol. The molecule has 0 saturated heterocycles. The summed E-state index contributed by atoms with van der Waals surface area (Å²) in [5.41, 5.74) is 1.20. The third-order valence-electron chi connectivity index (χ3n) is 4.74. The quantitative estimate of drug-likeness (QED) is 0.778. The van der Waals surface area contributed by atoms with Crippen molar-refractivity contribution in [3.05, 3.63) is 59.4 Å². The SMILES string of the molecule is O=C1c2ccccc2C(=O)N1CCCC(=O)N1CCOc2ccc(F)cc21. The summed E-state index contributed by atoms with van der Waals surface area (Å²) in [5.74, 6) is -0.829. The Morgan fingerprint density at radius 3 is 2.48 bits per heavy atom. The average Bonchev–Trinajstić information content (AvgIpc) is 2.92. The molecule has 2 aromatic carbocycles.